The highest BCUT2D eigenvalue weighted by Gasteiger charge is 2.44. The average Bonchev–Trinajstić information content (AvgIpc) is 2.98. The zero-order valence-corrected chi connectivity index (χ0v) is 25.5. The van der Waals surface area contributed by atoms with Crippen molar-refractivity contribution in [3.05, 3.63) is 171 Å². The molecule has 0 spiro atoms. The molecule has 2 nitrogen and oxygen atoms in total. The molecule has 5 aromatic carbocycles. The van der Waals surface area contributed by atoms with Gasteiger partial charge in [-0.2, -0.15) is 0 Å². The maximum absolute atomic E-state index is 6.63. The van der Waals surface area contributed by atoms with E-state index in [1.807, 2.05) is 66.7 Å². The van der Waals surface area contributed by atoms with Crippen molar-refractivity contribution >= 4 is 74.7 Å². The Morgan fingerprint density at radius 3 is 1.26 bits per heavy atom. The summed E-state index contributed by atoms with van der Waals surface area (Å²) in [6.07, 6.45) is 7.31. The number of hydrogen-bond acceptors (Lipinski definition) is 2. The van der Waals surface area contributed by atoms with Gasteiger partial charge in [0.05, 0.1) is 0 Å². The Morgan fingerprint density at radius 1 is 0.476 bits per heavy atom. The monoisotopic (exact) mass is 626 g/mol. The first-order valence-electron chi connectivity index (χ1n) is 13.5. The lowest BCUT2D eigenvalue weighted by Crippen LogP contribution is -2.57. The molecule has 42 heavy (non-hydrogen) atoms. The van der Waals surface area contributed by atoms with Gasteiger partial charge in [-0.25, -0.2) is 0 Å². The van der Waals surface area contributed by atoms with Gasteiger partial charge in [0.2, 0.25) is 0 Å². The molecule has 0 saturated carbocycles. The second-order valence-electron chi connectivity index (χ2n) is 10.0. The van der Waals surface area contributed by atoms with Crippen LogP contribution in [0.25, 0.3) is 5.57 Å². The highest BCUT2D eigenvalue weighted by molar-refractivity contribution is 6.35. The Morgan fingerprint density at radius 2 is 0.881 bits per heavy atom. The van der Waals surface area contributed by atoms with E-state index in [4.69, 9.17) is 46.4 Å². The van der Waals surface area contributed by atoms with Crippen LogP contribution in [0.5, 0.6) is 0 Å². The molecule has 1 aliphatic rings. The molecule has 0 radical (unpaired) electrons. The smallest absolute Gasteiger partial charge is 0.145 e. The van der Waals surface area contributed by atoms with Crippen molar-refractivity contribution in [2.24, 2.45) is 0 Å². The van der Waals surface area contributed by atoms with Gasteiger partial charge in [0.15, 0.2) is 0 Å². The lowest BCUT2D eigenvalue weighted by atomic mass is 9.88. The Bertz CT molecular complexity index is 1620. The largest absolute Gasteiger partial charge is 0.314 e. The molecule has 0 aromatic heterocycles. The molecule has 0 heterocycles. The van der Waals surface area contributed by atoms with Crippen molar-refractivity contribution in [3.63, 3.8) is 0 Å². The lowest BCUT2D eigenvalue weighted by Gasteiger charge is -2.52. The van der Waals surface area contributed by atoms with Crippen molar-refractivity contribution in [2.45, 2.75) is 12.1 Å². The van der Waals surface area contributed by atoms with E-state index < -0.39 is 5.66 Å². The third-order valence-electron chi connectivity index (χ3n) is 7.27. The topological polar surface area (TPSA) is 6.48 Å². The van der Waals surface area contributed by atoms with Crippen LogP contribution >= 0.6 is 46.4 Å². The zero-order chi connectivity index (χ0) is 29.1. The summed E-state index contributed by atoms with van der Waals surface area (Å²) in [6, 6.07) is 42.2. The van der Waals surface area contributed by atoms with E-state index in [1.54, 1.807) is 12.1 Å². The van der Waals surface area contributed by atoms with Crippen LogP contribution in [0.3, 0.4) is 0 Å². The van der Waals surface area contributed by atoms with E-state index in [1.165, 1.54) is 0 Å². The van der Waals surface area contributed by atoms with E-state index >= 15 is 0 Å². The van der Waals surface area contributed by atoms with Gasteiger partial charge in [-0.15, -0.1) is 0 Å². The molecule has 0 saturated heterocycles. The third kappa shape index (κ3) is 5.82. The summed E-state index contributed by atoms with van der Waals surface area (Å²) in [5, 5.41) is 2.19. The lowest BCUT2D eigenvalue weighted by molar-refractivity contribution is 0.526. The van der Waals surface area contributed by atoms with Gasteiger partial charge in [-0.05, 0) is 77.9 Å². The molecule has 0 N–H and O–H groups in total. The normalized spacial score (nSPS) is 13.9. The number of hydrogen-bond donors (Lipinski definition) is 0. The van der Waals surface area contributed by atoms with Gasteiger partial charge in [-0.3, -0.25) is 0 Å². The number of benzene rings is 5. The van der Waals surface area contributed by atoms with E-state index in [-0.39, 0.29) is 0 Å². The SMILES string of the molecule is Clc1cc(Cl)cc(N(c2ccccc2)C2(N(c3ccccc3)c3cc(Cl)cc(Cl)c3)C=CC(c3ccccc3)=CC2)c1. The van der Waals surface area contributed by atoms with Gasteiger partial charge in [0, 0.05) is 49.3 Å². The minimum Gasteiger partial charge on any atom is -0.314 e. The maximum Gasteiger partial charge on any atom is 0.145 e. The third-order valence-corrected chi connectivity index (χ3v) is 8.15. The minimum atomic E-state index is -0.816. The molecule has 6 heteroatoms. The summed E-state index contributed by atoms with van der Waals surface area (Å²) >= 11 is 26.5. The Kier molecular flexibility index (Phi) is 8.33. The molecule has 0 bridgehead atoms. The number of anilines is 4. The Labute approximate surface area is 266 Å². The number of rotatable bonds is 7. The molecular weight excluding hydrogens is 602 g/mol. The summed E-state index contributed by atoms with van der Waals surface area (Å²) in [6.45, 7) is 0. The highest BCUT2D eigenvalue weighted by Crippen LogP contribution is 2.48. The van der Waals surface area contributed by atoms with Crippen LogP contribution in [0, 0.1) is 0 Å². The van der Waals surface area contributed by atoms with Crippen molar-refractivity contribution in [1.82, 2.24) is 0 Å². The van der Waals surface area contributed by atoms with E-state index in [0.717, 1.165) is 33.9 Å². The van der Waals surface area contributed by atoms with Crippen LogP contribution in [-0.4, -0.2) is 5.66 Å². The van der Waals surface area contributed by atoms with Crippen LogP contribution in [0.1, 0.15) is 12.0 Å². The first kappa shape index (κ1) is 28.5. The second kappa shape index (κ2) is 12.3. The average molecular weight is 628 g/mol. The second-order valence-corrected chi connectivity index (χ2v) is 11.8. The molecule has 0 atom stereocenters. The van der Waals surface area contributed by atoms with Crippen LogP contribution in [-0.2, 0) is 0 Å². The highest BCUT2D eigenvalue weighted by atomic mass is 35.5. The van der Waals surface area contributed by atoms with Crippen molar-refractivity contribution in [2.75, 3.05) is 9.80 Å². The number of halogens is 4. The molecule has 0 fully saturated rings. The molecule has 5 aromatic rings. The molecule has 1 aliphatic carbocycles. The van der Waals surface area contributed by atoms with Gasteiger partial charge in [0.1, 0.15) is 5.66 Å². The van der Waals surface area contributed by atoms with Crippen molar-refractivity contribution < 1.29 is 0 Å². The molecule has 0 aliphatic heterocycles. The molecule has 0 unspecified atom stereocenters. The summed E-state index contributed by atoms with van der Waals surface area (Å²) < 4.78 is 0. The van der Waals surface area contributed by atoms with Gasteiger partial charge >= 0.3 is 0 Å². The van der Waals surface area contributed by atoms with Crippen molar-refractivity contribution in [3.8, 4) is 0 Å². The fourth-order valence-electron chi connectivity index (χ4n) is 5.58. The van der Waals surface area contributed by atoms with E-state index in [0.29, 0.717) is 26.5 Å². The first-order valence-corrected chi connectivity index (χ1v) is 15.0. The minimum absolute atomic E-state index is 0.547. The van der Waals surface area contributed by atoms with Gasteiger partial charge < -0.3 is 9.80 Å². The number of nitrogens with zero attached hydrogens (tertiary/aromatic N) is 2. The van der Waals surface area contributed by atoms with E-state index in [9.17, 15) is 0 Å². The van der Waals surface area contributed by atoms with E-state index in [2.05, 4.69) is 76.6 Å². The standard InChI is InChI=1S/C36H26Cl4N2/c37-28-20-29(38)23-34(22-28)41(32-12-6-2-7-13-32)36(18-16-27(17-19-36)26-10-4-1-5-11-26)42(33-14-8-3-9-15-33)35-24-30(39)21-31(40)25-35/h1-18,20-25H,19H2. The quantitative estimate of drug-likeness (QED) is 0.166. The summed E-state index contributed by atoms with van der Waals surface area (Å²) in [4.78, 5) is 4.56. The molecule has 208 valence electrons. The first-order chi connectivity index (χ1) is 20.4. The molecule has 6 rings (SSSR count). The Balaban J connectivity index is 1.66. The van der Waals surface area contributed by atoms with Crippen LogP contribution < -0.4 is 9.80 Å². The predicted octanol–water partition coefficient (Wildman–Crippen LogP) is 12.0. The summed E-state index contributed by atoms with van der Waals surface area (Å²) in [5.74, 6) is 0. The van der Waals surface area contributed by atoms with Gasteiger partial charge in [-0.1, -0.05) is 125 Å². The van der Waals surface area contributed by atoms with Crippen LogP contribution in [0.15, 0.2) is 146 Å². The number of allylic oxidation sites excluding steroid dienone is 2. The van der Waals surface area contributed by atoms with Crippen molar-refractivity contribution in [1.29, 1.82) is 0 Å². The summed E-state index contributed by atoms with van der Waals surface area (Å²) in [5.41, 5.74) is 5.08. The molecular formula is C36H26Cl4N2. The van der Waals surface area contributed by atoms with Crippen LogP contribution in [0.4, 0.5) is 22.7 Å². The fourth-order valence-corrected chi connectivity index (χ4v) is 6.61. The number of para-hydroxylation sites is 2. The Hall–Kier alpha value is -3.66. The van der Waals surface area contributed by atoms with Gasteiger partial charge in [0.25, 0.3) is 0 Å². The van der Waals surface area contributed by atoms with Crippen LogP contribution in [0.2, 0.25) is 20.1 Å². The zero-order valence-electron chi connectivity index (χ0n) is 22.5. The predicted molar refractivity (Wildman–Crippen MR) is 181 cm³/mol. The maximum atomic E-state index is 6.63. The molecule has 0 amide bonds. The fraction of sp³-hybridized carbons (Fsp3) is 0.0556. The summed E-state index contributed by atoms with van der Waals surface area (Å²) in [7, 11) is 0.